The molecule has 2 heterocycles. The lowest BCUT2D eigenvalue weighted by atomic mass is 10.2. The van der Waals surface area contributed by atoms with Gasteiger partial charge in [-0.15, -0.1) is 11.3 Å². The number of benzene rings is 1. The second-order valence-corrected chi connectivity index (χ2v) is 5.96. The van der Waals surface area contributed by atoms with Gasteiger partial charge < -0.3 is 11.1 Å². The van der Waals surface area contributed by atoms with E-state index in [-0.39, 0.29) is 17.4 Å². The number of thiophene rings is 1. The zero-order valence-corrected chi connectivity index (χ0v) is 12.9. The van der Waals surface area contributed by atoms with Gasteiger partial charge in [-0.05, 0) is 31.0 Å². The van der Waals surface area contributed by atoms with Crippen molar-refractivity contribution < 1.29 is 4.79 Å². The Hall–Kier alpha value is -2.67. The van der Waals surface area contributed by atoms with Crippen LogP contribution in [0.3, 0.4) is 0 Å². The van der Waals surface area contributed by atoms with E-state index >= 15 is 0 Å². The van der Waals surface area contributed by atoms with Crippen LogP contribution < -0.4 is 16.6 Å². The molecule has 0 fully saturated rings. The molecule has 112 valence electrons. The van der Waals surface area contributed by atoms with E-state index in [1.807, 2.05) is 31.2 Å². The monoisotopic (exact) mass is 314 g/mol. The highest BCUT2D eigenvalue weighted by molar-refractivity contribution is 7.20. The zero-order valence-electron chi connectivity index (χ0n) is 12.1. The predicted octanol–water partition coefficient (Wildman–Crippen LogP) is 2.44. The third kappa shape index (κ3) is 2.35. The molecule has 0 aliphatic carbocycles. The highest BCUT2D eigenvalue weighted by Crippen LogP contribution is 2.28. The molecule has 0 radical (unpaired) electrons. The number of carbonyl (C=O) groups is 1. The van der Waals surface area contributed by atoms with Crippen LogP contribution in [0, 0.1) is 13.8 Å². The predicted molar refractivity (Wildman–Crippen MR) is 88.5 cm³/mol. The zero-order chi connectivity index (χ0) is 15.9. The molecule has 0 saturated carbocycles. The molecule has 1 aromatic carbocycles. The number of para-hydroxylation sites is 1. The van der Waals surface area contributed by atoms with Gasteiger partial charge in [0.15, 0.2) is 0 Å². The van der Waals surface area contributed by atoms with Crippen molar-refractivity contribution in [2.75, 3.05) is 11.1 Å². The summed E-state index contributed by atoms with van der Waals surface area (Å²) in [5.74, 6) is -0.211. The summed E-state index contributed by atoms with van der Waals surface area (Å²) in [5, 5.41) is 3.27. The minimum atomic E-state index is -0.328. The fraction of sp³-hybridized carbons (Fsp3) is 0.133. The number of anilines is 2. The van der Waals surface area contributed by atoms with Gasteiger partial charge in [-0.3, -0.25) is 14.6 Å². The third-order valence-electron chi connectivity index (χ3n) is 3.42. The Morgan fingerprint density at radius 2 is 2.05 bits per heavy atom. The number of aryl methyl sites for hydroxylation is 2. The molecule has 2 aromatic heterocycles. The van der Waals surface area contributed by atoms with Gasteiger partial charge >= 0.3 is 0 Å². The molecule has 0 unspecified atom stereocenters. The Labute approximate surface area is 130 Å². The lowest BCUT2D eigenvalue weighted by molar-refractivity contribution is 0.103. The Bertz CT molecular complexity index is 942. The van der Waals surface area contributed by atoms with Crippen molar-refractivity contribution in [3.8, 4) is 0 Å². The maximum absolute atomic E-state index is 12.5. The standard InChI is InChI=1S/C15H14N4O2S/c1-7-5-3-4-6-9(7)17-13(21)11-8(2)10-12(20)18-15(16)19-14(10)22-11/h3-6H,1-2H3,(H,17,21)(H3,16,18,19,20). The first-order valence-electron chi connectivity index (χ1n) is 6.63. The van der Waals surface area contributed by atoms with Crippen LogP contribution in [0.5, 0.6) is 0 Å². The normalized spacial score (nSPS) is 10.8. The molecule has 22 heavy (non-hydrogen) atoms. The fourth-order valence-electron chi connectivity index (χ4n) is 2.27. The average molecular weight is 314 g/mol. The number of H-pyrrole nitrogens is 1. The Kier molecular flexibility index (Phi) is 3.42. The first kappa shape index (κ1) is 14.3. The van der Waals surface area contributed by atoms with Crippen molar-refractivity contribution in [1.82, 2.24) is 9.97 Å². The number of aromatic nitrogens is 2. The minimum Gasteiger partial charge on any atom is -0.369 e. The number of nitrogen functional groups attached to an aromatic ring is 1. The molecule has 0 spiro atoms. The van der Waals surface area contributed by atoms with E-state index in [9.17, 15) is 9.59 Å². The number of hydrogen-bond donors (Lipinski definition) is 3. The van der Waals surface area contributed by atoms with Gasteiger partial charge in [-0.2, -0.15) is 0 Å². The van der Waals surface area contributed by atoms with Crippen molar-refractivity contribution >= 4 is 39.1 Å². The quantitative estimate of drug-likeness (QED) is 0.676. The second-order valence-electron chi connectivity index (χ2n) is 4.96. The van der Waals surface area contributed by atoms with E-state index in [4.69, 9.17) is 5.73 Å². The van der Waals surface area contributed by atoms with Crippen LogP contribution in [0.2, 0.25) is 0 Å². The Morgan fingerprint density at radius 3 is 2.77 bits per heavy atom. The molecule has 6 nitrogen and oxygen atoms in total. The molecule has 3 aromatic rings. The molecule has 0 saturated heterocycles. The van der Waals surface area contributed by atoms with Gasteiger partial charge in [-0.25, -0.2) is 4.98 Å². The number of fused-ring (bicyclic) bond motifs is 1. The van der Waals surface area contributed by atoms with Gasteiger partial charge in [-0.1, -0.05) is 18.2 Å². The Morgan fingerprint density at radius 1 is 1.32 bits per heavy atom. The number of rotatable bonds is 2. The lowest BCUT2D eigenvalue weighted by Crippen LogP contribution is -2.13. The molecule has 0 bridgehead atoms. The topological polar surface area (TPSA) is 101 Å². The van der Waals surface area contributed by atoms with Crippen LogP contribution in [0.4, 0.5) is 11.6 Å². The number of aromatic amines is 1. The van der Waals surface area contributed by atoms with E-state index in [0.717, 1.165) is 22.6 Å². The maximum Gasteiger partial charge on any atom is 0.266 e. The van der Waals surface area contributed by atoms with E-state index in [0.29, 0.717) is 20.7 Å². The first-order valence-corrected chi connectivity index (χ1v) is 7.45. The first-order chi connectivity index (χ1) is 10.5. The second kappa shape index (κ2) is 5.27. The number of nitrogens with one attached hydrogen (secondary N) is 2. The molecular formula is C15H14N4O2S. The highest BCUT2D eigenvalue weighted by Gasteiger charge is 2.19. The number of hydrogen-bond acceptors (Lipinski definition) is 5. The van der Waals surface area contributed by atoms with Gasteiger partial charge in [0.25, 0.3) is 11.5 Å². The van der Waals surface area contributed by atoms with Crippen LogP contribution in [0.15, 0.2) is 29.1 Å². The number of amides is 1. The molecule has 7 heteroatoms. The third-order valence-corrected chi connectivity index (χ3v) is 4.60. The van der Waals surface area contributed by atoms with Crippen molar-refractivity contribution in [2.45, 2.75) is 13.8 Å². The summed E-state index contributed by atoms with van der Waals surface area (Å²) in [6, 6.07) is 7.51. The van der Waals surface area contributed by atoms with E-state index in [2.05, 4.69) is 15.3 Å². The summed E-state index contributed by atoms with van der Waals surface area (Å²) >= 11 is 1.16. The minimum absolute atomic E-state index is 0.0459. The van der Waals surface area contributed by atoms with Crippen LogP contribution in [0.1, 0.15) is 20.8 Å². The van der Waals surface area contributed by atoms with E-state index in [1.165, 1.54) is 0 Å². The number of nitrogens with zero attached hydrogens (tertiary/aromatic N) is 1. The van der Waals surface area contributed by atoms with Crippen LogP contribution in [0.25, 0.3) is 10.2 Å². The SMILES string of the molecule is Cc1ccccc1NC(=O)c1sc2nc(N)[nH]c(=O)c2c1C. The highest BCUT2D eigenvalue weighted by atomic mass is 32.1. The summed E-state index contributed by atoms with van der Waals surface area (Å²) in [6.07, 6.45) is 0. The van der Waals surface area contributed by atoms with Gasteiger partial charge in [0.1, 0.15) is 4.83 Å². The van der Waals surface area contributed by atoms with E-state index in [1.54, 1.807) is 6.92 Å². The van der Waals surface area contributed by atoms with Gasteiger partial charge in [0.2, 0.25) is 5.95 Å². The van der Waals surface area contributed by atoms with Crippen LogP contribution in [-0.2, 0) is 0 Å². The van der Waals surface area contributed by atoms with Crippen molar-refractivity contribution in [1.29, 1.82) is 0 Å². The molecule has 4 N–H and O–H groups in total. The molecule has 0 aliphatic rings. The summed E-state index contributed by atoms with van der Waals surface area (Å²) in [4.78, 5) is 31.9. The molecule has 1 amide bonds. The summed E-state index contributed by atoms with van der Waals surface area (Å²) < 4.78 is 0. The number of carbonyl (C=O) groups excluding carboxylic acids is 1. The fourth-order valence-corrected chi connectivity index (χ4v) is 3.35. The average Bonchev–Trinajstić information content (AvgIpc) is 2.78. The lowest BCUT2D eigenvalue weighted by Gasteiger charge is -2.07. The van der Waals surface area contributed by atoms with Crippen LogP contribution in [-0.4, -0.2) is 15.9 Å². The molecule has 0 aliphatic heterocycles. The number of nitrogens with two attached hydrogens (primary N) is 1. The molecule has 0 atom stereocenters. The molecular weight excluding hydrogens is 300 g/mol. The van der Waals surface area contributed by atoms with Crippen molar-refractivity contribution in [3.05, 3.63) is 50.6 Å². The van der Waals surface area contributed by atoms with Crippen molar-refractivity contribution in [2.24, 2.45) is 0 Å². The van der Waals surface area contributed by atoms with Gasteiger partial charge in [0.05, 0.1) is 10.3 Å². The summed E-state index contributed by atoms with van der Waals surface area (Å²) in [7, 11) is 0. The Balaban J connectivity index is 2.05. The molecule has 3 rings (SSSR count). The summed E-state index contributed by atoms with van der Waals surface area (Å²) in [5.41, 5.74) is 7.54. The maximum atomic E-state index is 12.5. The largest absolute Gasteiger partial charge is 0.369 e. The van der Waals surface area contributed by atoms with Crippen molar-refractivity contribution in [3.63, 3.8) is 0 Å². The van der Waals surface area contributed by atoms with Gasteiger partial charge in [0, 0.05) is 5.69 Å². The van der Waals surface area contributed by atoms with E-state index < -0.39 is 0 Å². The van der Waals surface area contributed by atoms with Crippen LogP contribution >= 0.6 is 11.3 Å². The summed E-state index contributed by atoms with van der Waals surface area (Å²) in [6.45, 7) is 3.65. The smallest absolute Gasteiger partial charge is 0.266 e.